The second kappa shape index (κ2) is 4.10. The summed E-state index contributed by atoms with van der Waals surface area (Å²) in [4.78, 5) is 9.56. The van der Waals surface area contributed by atoms with E-state index in [1.807, 2.05) is 18.8 Å². The summed E-state index contributed by atoms with van der Waals surface area (Å²) in [6.07, 6.45) is 4.34. The molecule has 4 rings (SSSR count). The largest absolute Gasteiger partial charge is 0.374 e. The molecule has 0 spiro atoms. The molecule has 0 radical (unpaired) electrons. The SMILES string of the molecule is CNc1nc(C2CC3CCC2O3)nc2c1CSC2. The molecule has 3 aliphatic rings. The topological polar surface area (TPSA) is 47.0 Å². The van der Waals surface area contributed by atoms with Crippen molar-refractivity contribution in [3.63, 3.8) is 0 Å². The summed E-state index contributed by atoms with van der Waals surface area (Å²) < 4.78 is 5.93. The molecule has 0 amide bonds. The lowest BCUT2D eigenvalue weighted by Crippen LogP contribution is -2.18. The first-order chi connectivity index (χ1) is 8.85. The highest BCUT2D eigenvalue weighted by atomic mass is 32.2. The van der Waals surface area contributed by atoms with Crippen molar-refractivity contribution < 1.29 is 4.74 Å². The van der Waals surface area contributed by atoms with E-state index in [1.54, 1.807) is 0 Å². The predicted molar refractivity (Wildman–Crippen MR) is 71.8 cm³/mol. The van der Waals surface area contributed by atoms with Gasteiger partial charge in [0.25, 0.3) is 0 Å². The lowest BCUT2D eigenvalue weighted by atomic mass is 9.88. The molecule has 3 atom stereocenters. The number of thioether (sulfide) groups is 1. The molecular weight excluding hydrogens is 246 g/mol. The van der Waals surface area contributed by atoms with Crippen LogP contribution < -0.4 is 5.32 Å². The average molecular weight is 263 g/mol. The van der Waals surface area contributed by atoms with Crippen molar-refractivity contribution in [2.24, 2.45) is 0 Å². The second-order valence-corrected chi connectivity index (χ2v) is 6.30. The summed E-state index contributed by atoms with van der Waals surface area (Å²) in [5, 5.41) is 3.23. The van der Waals surface area contributed by atoms with Gasteiger partial charge in [0.15, 0.2) is 0 Å². The summed E-state index contributed by atoms with van der Waals surface area (Å²) >= 11 is 1.93. The first-order valence-electron chi connectivity index (χ1n) is 6.66. The molecule has 3 unspecified atom stereocenters. The van der Waals surface area contributed by atoms with Crippen molar-refractivity contribution in [2.75, 3.05) is 12.4 Å². The Morgan fingerprint density at radius 3 is 2.94 bits per heavy atom. The fraction of sp³-hybridized carbons (Fsp3) is 0.692. The quantitative estimate of drug-likeness (QED) is 0.887. The van der Waals surface area contributed by atoms with Gasteiger partial charge < -0.3 is 10.1 Å². The van der Waals surface area contributed by atoms with Crippen molar-refractivity contribution in [3.8, 4) is 0 Å². The van der Waals surface area contributed by atoms with Gasteiger partial charge in [0.2, 0.25) is 0 Å². The third-order valence-corrected chi connectivity index (χ3v) is 5.24. The molecule has 2 fully saturated rings. The van der Waals surface area contributed by atoms with Crippen LogP contribution in [0.5, 0.6) is 0 Å². The number of ether oxygens (including phenoxy) is 1. The molecule has 2 saturated heterocycles. The van der Waals surface area contributed by atoms with Crippen LogP contribution in [0.1, 0.15) is 42.3 Å². The van der Waals surface area contributed by atoms with Gasteiger partial charge in [-0.15, -0.1) is 0 Å². The molecule has 0 saturated carbocycles. The van der Waals surface area contributed by atoms with Gasteiger partial charge >= 0.3 is 0 Å². The third-order valence-electron chi connectivity index (χ3n) is 4.27. The Morgan fingerprint density at radius 1 is 1.28 bits per heavy atom. The van der Waals surface area contributed by atoms with Crippen LogP contribution in [-0.2, 0) is 16.2 Å². The van der Waals surface area contributed by atoms with E-state index in [0.717, 1.165) is 29.6 Å². The summed E-state index contributed by atoms with van der Waals surface area (Å²) in [5.74, 6) is 4.53. The number of hydrogen-bond acceptors (Lipinski definition) is 5. The fourth-order valence-electron chi connectivity index (χ4n) is 3.35. The van der Waals surface area contributed by atoms with E-state index in [2.05, 4.69) is 5.32 Å². The molecule has 1 aromatic rings. The molecule has 4 nitrogen and oxygen atoms in total. The molecule has 2 bridgehead atoms. The van der Waals surface area contributed by atoms with Crippen molar-refractivity contribution in [3.05, 3.63) is 17.1 Å². The number of nitrogens with zero attached hydrogens (tertiary/aromatic N) is 2. The van der Waals surface area contributed by atoms with Gasteiger partial charge in [0.05, 0.1) is 17.9 Å². The van der Waals surface area contributed by atoms with Crippen LogP contribution in [-0.4, -0.2) is 29.2 Å². The first-order valence-corrected chi connectivity index (χ1v) is 7.81. The monoisotopic (exact) mass is 263 g/mol. The number of nitrogens with one attached hydrogen (secondary N) is 1. The minimum atomic E-state index is 0.367. The predicted octanol–water partition coefficient (Wildman–Crippen LogP) is 2.30. The summed E-state index contributed by atoms with van der Waals surface area (Å²) in [7, 11) is 1.95. The Balaban J connectivity index is 1.73. The summed E-state index contributed by atoms with van der Waals surface area (Å²) in [6.45, 7) is 0. The summed E-state index contributed by atoms with van der Waals surface area (Å²) in [6, 6.07) is 0. The minimum Gasteiger partial charge on any atom is -0.374 e. The molecule has 1 aromatic heterocycles. The number of rotatable bonds is 2. The molecule has 0 aliphatic carbocycles. The van der Waals surface area contributed by atoms with Crippen LogP contribution >= 0.6 is 11.8 Å². The molecule has 5 heteroatoms. The van der Waals surface area contributed by atoms with Crippen molar-refractivity contribution in [1.82, 2.24) is 9.97 Å². The highest BCUT2D eigenvalue weighted by Gasteiger charge is 2.43. The van der Waals surface area contributed by atoms with Gasteiger partial charge in [-0.05, 0) is 19.3 Å². The zero-order valence-corrected chi connectivity index (χ0v) is 11.3. The highest BCUT2D eigenvalue weighted by molar-refractivity contribution is 7.98. The van der Waals surface area contributed by atoms with Crippen molar-refractivity contribution in [1.29, 1.82) is 0 Å². The smallest absolute Gasteiger partial charge is 0.136 e. The number of fused-ring (bicyclic) bond motifs is 3. The molecule has 3 aliphatic heterocycles. The Labute approximate surface area is 111 Å². The fourth-order valence-corrected chi connectivity index (χ4v) is 4.39. The molecule has 18 heavy (non-hydrogen) atoms. The molecular formula is C13H17N3OS. The van der Waals surface area contributed by atoms with E-state index in [1.165, 1.54) is 24.1 Å². The number of anilines is 1. The van der Waals surface area contributed by atoms with Crippen LogP contribution in [0.4, 0.5) is 5.82 Å². The van der Waals surface area contributed by atoms with E-state index in [4.69, 9.17) is 14.7 Å². The van der Waals surface area contributed by atoms with Gasteiger partial charge in [-0.25, -0.2) is 9.97 Å². The zero-order chi connectivity index (χ0) is 12.1. The molecule has 1 N–H and O–H groups in total. The molecule has 4 heterocycles. The molecule has 0 aromatic carbocycles. The van der Waals surface area contributed by atoms with E-state index in [9.17, 15) is 0 Å². The van der Waals surface area contributed by atoms with Crippen LogP contribution in [0.3, 0.4) is 0 Å². The number of aromatic nitrogens is 2. The van der Waals surface area contributed by atoms with Crippen LogP contribution in [0.2, 0.25) is 0 Å². The maximum absolute atomic E-state index is 5.93. The minimum absolute atomic E-state index is 0.367. The third kappa shape index (κ3) is 1.57. The van der Waals surface area contributed by atoms with Gasteiger partial charge in [-0.2, -0.15) is 11.8 Å². The first kappa shape index (κ1) is 11.1. The van der Waals surface area contributed by atoms with Crippen LogP contribution in [0, 0.1) is 0 Å². The van der Waals surface area contributed by atoms with Crippen molar-refractivity contribution in [2.45, 2.75) is 48.9 Å². The summed E-state index contributed by atoms with van der Waals surface area (Å²) in [5.41, 5.74) is 2.53. The maximum Gasteiger partial charge on any atom is 0.136 e. The van der Waals surface area contributed by atoms with E-state index >= 15 is 0 Å². The van der Waals surface area contributed by atoms with E-state index < -0.39 is 0 Å². The zero-order valence-electron chi connectivity index (χ0n) is 10.5. The Kier molecular flexibility index (Phi) is 2.52. The maximum atomic E-state index is 5.93. The number of hydrogen-bond donors (Lipinski definition) is 1. The van der Waals surface area contributed by atoms with Gasteiger partial charge in [-0.3, -0.25) is 0 Å². The van der Waals surface area contributed by atoms with Gasteiger partial charge in [0.1, 0.15) is 11.6 Å². The lowest BCUT2D eigenvalue weighted by Gasteiger charge is -2.19. The second-order valence-electron chi connectivity index (χ2n) is 5.31. The van der Waals surface area contributed by atoms with Gasteiger partial charge in [0, 0.05) is 30.0 Å². The highest BCUT2D eigenvalue weighted by Crippen LogP contribution is 2.44. The molecule has 96 valence electrons. The van der Waals surface area contributed by atoms with Gasteiger partial charge in [-0.1, -0.05) is 0 Å². The Hall–Kier alpha value is -0.810. The lowest BCUT2D eigenvalue weighted by molar-refractivity contribution is 0.0998. The van der Waals surface area contributed by atoms with Crippen LogP contribution in [0.15, 0.2) is 0 Å². The Morgan fingerprint density at radius 2 is 2.22 bits per heavy atom. The average Bonchev–Trinajstić information content (AvgIpc) is 3.12. The van der Waals surface area contributed by atoms with Crippen molar-refractivity contribution >= 4 is 17.6 Å². The van der Waals surface area contributed by atoms with E-state index in [0.29, 0.717) is 18.1 Å². The normalized spacial score (nSPS) is 32.8. The Bertz CT molecular complexity index is 493. The standard InChI is InChI=1S/C13H17N3OS/c1-14-12-9-5-18-6-10(9)15-13(16-12)8-4-7-2-3-11(8)17-7/h7-8,11H,2-6H2,1H3,(H,14,15,16). The van der Waals surface area contributed by atoms with E-state index in [-0.39, 0.29) is 0 Å². The van der Waals surface area contributed by atoms with Crippen LogP contribution in [0.25, 0.3) is 0 Å².